The first-order chi connectivity index (χ1) is 9.16. The quantitative estimate of drug-likeness (QED) is 0.868. The minimum Gasteiger partial charge on any atom is -0.388 e. The summed E-state index contributed by atoms with van der Waals surface area (Å²) in [6.45, 7) is 4.11. The van der Waals surface area contributed by atoms with Crippen LogP contribution in [0.25, 0.3) is 10.9 Å². The Morgan fingerprint density at radius 1 is 1.42 bits per heavy atom. The Kier molecular flexibility index (Phi) is 3.33. The SMILES string of the molecule is Cc1ccc2c(C(O)C3CCCNC3)cn(C)c2c1. The van der Waals surface area contributed by atoms with Crippen molar-refractivity contribution in [2.75, 3.05) is 13.1 Å². The van der Waals surface area contributed by atoms with Gasteiger partial charge in [0.25, 0.3) is 0 Å². The monoisotopic (exact) mass is 258 g/mol. The first-order valence-corrected chi connectivity index (χ1v) is 7.11. The molecular formula is C16H22N2O. The molecule has 19 heavy (non-hydrogen) atoms. The number of hydrogen-bond acceptors (Lipinski definition) is 2. The second-order valence-electron chi connectivity index (χ2n) is 5.77. The van der Waals surface area contributed by atoms with Gasteiger partial charge in [0.2, 0.25) is 0 Å². The lowest BCUT2D eigenvalue weighted by Crippen LogP contribution is -2.33. The molecule has 1 aromatic carbocycles. The standard InChI is InChI=1S/C16H22N2O/c1-11-5-6-13-14(10-18(2)15(13)8-11)16(19)12-4-3-7-17-9-12/h5-6,8,10,12,16-17,19H,3-4,7,9H2,1-2H3. The zero-order valence-electron chi connectivity index (χ0n) is 11.7. The van der Waals surface area contributed by atoms with E-state index in [1.807, 2.05) is 0 Å². The van der Waals surface area contributed by atoms with Crippen molar-refractivity contribution in [2.45, 2.75) is 25.9 Å². The van der Waals surface area contributed by atoms with Crippen molar-refractivity contribution in [3.63, 3.8) is 0 Å². The van der Waals surface area contributed by atoms with Gasteiger partial charge in [0.05, 0.1) is 6.10 Å². The van der Waals surface area contributed by atoms with Crippen molar-refractivity contribution in [2.24, 2.45) is 13.0 Å². The molecule has 0 spiro atoms. The first kappa shape index (κ1) is 12.7. The molecule has 1 fully saturated rings. The summed E-state index contributed by atoms with van der Waals surface area (Å²) in [5, 5.41) is 15.2. The normalized spacial score (nSPS) is 21.7. The second-order valence-corrected chi connectivity index (χ2v) is 5.77. The fraction of sp³-hybridized carbons (Fsp3) is 0.500. The van der Waals surface area contributed by atoms with E-state index >= 15 is 0 Å². The lowest BCUT2D eigenvalue weighted by molar-refractivity contribution is 0.0933. The van der Waals surface area contributed by atoms with E-state index < -0.39 is 0 Å². The minimum absolute atomic E-state index is 0.334. The third kappa shape index (κ3) is 2.28. The smallest absolute Gasteiger partial charge is 0.0851 e. The van der Waals surface area contributed by atoms with Gasteiger partial charge < -0.3 is 15.0 Å². The van der Waals surface area contributed by atoms with E-state index in [2.05, 4.69) is 48.3 Å². The number of aryl methyl sites for hydroxylation is 2. The van der Waals surface area contributed by atoms with Gasteiger partial charge in [-0.25, -0.2) is 0 Å². The molecule has 1 aromatic heterocycles. The molecule has 0 saturated carbocycles. The van der Waals surface area contributed by atoms with E-state index in [0.29, 0.717) is 5.92 Å². The van der Waals surface area contributed by atoms with Crippen LogP contribution in [0.5, 0.6) is 0 Å². The lowest BCUT2D eigenvalue weighted by Gasteiger charge is -2.27. The number of nitrogens with one attached hydrogen (secondary N) is 1. The van der Waals surface area contributed by atoms with E-state index in [4.69, 9.17) is 0 Å². The highest BCUT2D eigenvalue weighted by atomic mass is 16.3. The van der Waals surface area contributed by atoms with Crippen LogP contribution in [0, 0.1) is 12.8 Å². The van der Waals surface area contributed by atoms with Crippen LogP contribution >= 0.6 is 0 Å². The van der Waals surface area contributed by atoms with E-state index in [-0.39, 0.29) is 6.10 Å². The van der Waals surface area contributed by atoms with Gasteiger partial charge in [-0.3, -0.25) is 0 Å². The van der Waals surface area contributed by atoms with Gasteiger partial charge in [0, 0.05) is 42.2 Å². The molecule has 1 aliphatic rings. The zero-order valence-corrected chi connectivity index (χ0v) is 11.7. The third-order valence-electron chi connectivity index (χ3n) is 4.28. The molecule has 1 aliphatic heterocycles. The van der Waals surface area contributed by atoms with Crippen LogP contribution < -0.4 is 5.32 Å². The average molecular weight is 258 g/mol. The highest BCUT2D eigenvalue weighted by molar-refractivity contribution is 5.85. The van der Waals surface area contributed by atoms with Gasteiger partial charge in [-0.2, -0.15) is 0 Å². The number of nitrogens with zero attached hydrogens (tertiary/aromatic N) is 1. The topological polar surface area (TPSA) is 37.2 Å². The summed E-state index contributed by atoms with van der Waals surface area (Å²) < 4.78 is 2.12. The predicted octanol–water partition coefficient (Wildman–Crippen LogP) is 2.52. The predicted molar refractivity (Wildman–Crippen MR) is 78.2 cm³/mol. The molecule has 1 saturated heterocycles. The fourth-order valence-corrected chi connectivity index (χ4v) is 3.16. The van der Waals surface area contributed by atoms with Crippen LogP contribution in [0.3, 0.4) is 0 Å². The maximum absolute atomic E-state index is 10.7. The molecule has 2 atom stereocenters. The maximum Gasteiger partial charge on any atom is 0.0851 e. The van der Waals surface area contributed by atoms with Crippen LogP contribution in [0.1, 0.15) is 30.1 Å². The summed E-state index contributed by atoms with van der Waals surface area (Å²) >= 11 is 0. The van der Waals surface area contributed by atoms with Crippen LogP contribution in [-0.2, 0) is 7.05 Å². The molecular weight excluding hydrogens is 236 g/mol. The molecule has 2 aromatic rings. The fourth-order valence-electron chi connectivity index (χ4n) is 3.16. The number of rotatable bonds is 2. The molecule has 102 valence electrons. The molecule has 0 bridgehead atoms. The van der Waals surface area contributed by atoms with Crippen LogP contribution in [0.4, 0.5) is 0 Å². The summed E-state index contributed by atoms with van der Waals surface area (Å²) in [7, 11) is 2.05. The van der Waals surface area contributed by atoms with Gasteiger partial charge in [0.15, 0.2) is 0 Å². The lowest BCUT2D eigenvalue weighted by atomic mass is 9.89. The molecule has 3 nitrogen and oxygen atoms in total. The zero-order chi connectivity index (χ0) is 13.4. The summed E-state index contributed by atoms with van der Waals surface area (Å²) in [6, 6.07) is 6.45. The van der Waals surface area contributed by atoms with E-state index in [9.17, 15) is 5.11 Å². The molecule has 2 unspecified atom stereocenters. The van der Waals surface area contributed by atoms with Crippen molar-refractivity contribution in [3.05, 3.63) is 35.5 Å². The Morgan fingerprint density at radius 2 is 2.26 bits per heavy atom. The molecule has 0 aliphatic carbocycles. The number of hydrogen-bond donors (Lipinski definition) is 2. The van der Waals surface area contributed by atoms with Gasteiger partial charge in [-0.15, -0.1) is 0 Å². The number of aromatic nitrogens is 1. The van der Waals surface area contributed by atoms with Gasteiger partial charge >= 0.3 is 0 Å². The Hall–Kier alpha value is -1.32. The molecule has 0 amide bonds. The maximum atomic E-state index is 10.7. The van der Waals surface area contributed by atoms with Gasteiger partial charge in [-0.1, -0.05) is 12.1 Å². The van der Waals surface area contributed by atoms with Crippen LogP contribution in [0.2, 0.25) is 0 Å². The molecule has 2 N–H and O–H groups in total. The van der Waals surface area contributed by atoms with E-state index in [0.717, 1.165) is 31.5 Å². The van der Waals surface area contributed by atoms with Crippen molar-refractivity contribution < 1.29 is 5.11 Å². The summed E-state index contributed by atoms with van der Waals surface area (Å²) in [6.07, 6.45) is 3.99. The number of fused-ring (bicyclic) bond motifs is 1. The van der Waals surface area contributed by atoms with Crippen molar-refractivity contribution >= 4 is 10.9 Å². The summed E-state index contributed by atoms with van der Waals surface area (Å²) in [4.78, 5) is 0. The van der Waals surface area contributed by atoms with Crippen molar-refractivity contribution in [3.8, 4) is 0 Å². The van der Waals surface area contributed by atoms with E-state index in [1.165, 1.54) is 16.5 Å². The van der Waals surface area contributed by atoms with Crippen molar-refractivity contribution in [1.82, 2.24) is 9.88 Å². The Labute approximate surface area is 114 Å². The molecule has 2 heterocycles. The highest BCUT2D eigenvalue weighted by Crippen LogP contribution is 2.33. The van der Waals surface area contributed by atoms with Crippen LogP contribution in [0.15, 0.2) is 24.4 Å². The Bertz CT molecular complexity index is 582. The van der Waals surface area contributed by atoms with Crippen molar-refractivity contribution in [1.29, 1.82) is 0 Å². The second kappa shape index (κ2) is 4.99. The number of benzene rings is 1. The third-order valence-corrected chi connectivity index (χ3v) is 4.28. The van der Waals surface area contributed by atoms with Gasteiger partial charge in [-0.05, 0) is 37.9 Å². The summed E-state index contributed by atoms with van der Waals surface area (Å²) in [5.41, 5.74) is 3.54. The Morgan fingerprint density at radius 3 is 3.00 bits per heavy atom. The average Bonchev–Trinajstić information content (AvgIpc) is 2.76. The molecule has 3 heteroatoms. The van der Waals surface area contributed by atoms with E-state index in [1.54, 1.807) is 0 Å². The minimum atomic E-state index is -0.362. The Balaban J connectivity index is 2.00. The number of piperidine rings is 1. The largest absolute Gasteiger partial charge is 0.388 e. The molecule has 0 radical (unpaired) electrons. The molecule has 3 rings (SSSR count). The summed E-state index contributed by atoms with van der Waals surface area (Å²) in [5.74, 6) is 0.334. The number of aliphatic hydroxyl groups is 1. The van der Waals surface area contributed by atoms with Gasteiger partial charge in [0.1, 0.15) is 0 Å². The number of aliphatic hydroxyl groups excluding tert-OH is 1. The first-order valence-electron chi connectivity index (χ1n) is 7.11. The highest BCUT2D eigenvalue weighted by Gasteiger charge is 2.25. The van der Waals surface area contributed by atoms with Crippen LogP contribution in [-0.4, -0.2) is 22.8 Å².